The van der Waals surface area contributed by atoms with Gasteiger partial charge >= 0.3 is 0 Å². The summed E-state index contributed by atoms with van der Waals surface area (Å²) in [6.07, 6.45) is 0. The lowest BCUT2D eigenvalue weighted by Crippen LogP contribution is -2.23. The Morgan fingerprint density at radius 2 is 2.32 bits per heavy atom. The van der Waals surface area contributed by atoms with Crippen LogP contribution < -0.4 is 5.56 Å². The summed E-state index contributed by atoms with van der Waals surface area (Å²) in [6, 6.07) is 6.80. The molecule has 0 bridgehead atoms. The summed E-state index contributed by atoms with van der Waals surface area (Å²) in [4.78, 5) is 30.7. The van der Waals surface area contributed by atoms with Crippen LogP contribution in [0.5, 0.6) is 0 Å². The van der Waals surface area contributed by atoms with E-state index < -0.39 is 17.3 Å². The van der Waals surface area contributed by atoms with E-state index in [1.54, 1.807) is 18.2 Å². The van der Waals surface area contributed by atoms with Gasteiger partial charge in [-0.2, -0.15) is 5.26 Å². The maximum Gasteiger partial charge on any atom is 0.258 e. The number of nitrogens with zero attached hydrogens (tertiary/aromatic N) is 2. The number of hydrogen-bond donors (Lipinski definition) is 1. The number of benzene rings is 1. The van der Waals surface area contributed by atoms with Gasteiger partial charge in [-0.3, -0.25) is 9.59 Å². The normalized spacial score (nSPS) is 11.7. The first-order chi connectivity index (χ1) is 10.4. The van der Waals surface area contributed by atoms with Gasteiger partial charge in [-0.1, -0.05) is 15.9 Å². The number of halogens is 1. The Hall–Kier alpha value is -2.11. The van der Waals surface area contributed by atoms with E-state index in [4.69, 9.17) is 17.0 Å². The third-order valence-electron chi connectivity index (χ3n) is 2.83. The zero-order valence-electron chi connectivity index (χ0n) is 11.4. The Balaban J connectivity index is 2.42. The number of aromatic amines is 1. The fourth-order valence-corrected chi connectivity index (χ4v) is 2.23. The van der Waals surface area contributed by atoms with Gasteiger partial charge in [0.1, 0.15) is 12.4 Å². The van der Waals surface area contributed by atoms with Crippen molar-refractivity contribution >= 4 is 49.9 Å². The highest BCUT2D eigenvalue weighted by Crippen LogP contribution is 2.18. The van der Waals surface area contributed by atoms with E-state index in [1.807, 2.05) is 6.07 Å². The molecule has 0 fully saturated rings. The highest BCUT2D eigenvalue weighted by Gasteiger charge is 2.24. The number of nitriles is 1. The lowest BCUT2D eigenvalue weighted by Gasteiger charge is -2.09. The van der Waals surface area contributed by atoms with Crippen LogP contribution in [0.3, 0.4) is 0 Å². The van der Waals surface area contributed by atoms with Gasteiger partial charge in [-0.15, -0.1) is 0 Å². The van der Waals surface area contributed by atoms with E-state index in [2.05, 4.69) is 25.9 Å². The molecule has 0 saturated heterocycles. The van der Waals surface area contributed by atoms with Crippen molar-refractivity contribution in [3.05, 3.63) is 38.9 Å². The summed E-state index contributed by atoms with van der Waals surface area (Å²) in [5, 5.41) is 9.77. The number of ether oxygens (including phenoxy) is 1. The number of thiocarbonyl (C=S) groups is 1. The molecule has 0 aliphatic carbocycles. The molecule has 112 valence electrons. The van der Waals surface area contributed by atoms with Gasteiger partial charge in [-0.25, -0.2) is 4.98 Å². The number of carbonyl (C=O) groups is 1. The number of fused-ring (bicyclic) bond motifs is 1. The SMILES string of the molecule is CC(=S)OCC(=O)C(C#N)c1nc2ccc(Br)cc2c(=O)[nH]1. The van der Waals surface area contributed by atoms with Crippen molar-refractivity contribution in [2.75, 3.05) is 6.61 Å². The third-order valence-corrected chi connectivity index (χ3v) is 3.44. The lowest BCUT2D eigenvalue weighted by atomic mass is 10.1. The molecule has 1 atom stereocenters. The molecule has 8 heteroatoms. The largest absolute Gasteiger partial charge is 0.480 e. The average molecular weight is 380 g/mol. The molecule has 2 rings (SSSR count). The van der Waals surface area contributed by atoms with Crippen LogP contribution in [0.25, 0.3) is 10.9 Å². The molecule has 1 heterocycles. The van der Waals surface area contributed by atoms with Crippen LogP contribution in [0.15, 0.2) is 27.5 Å². The zero-order chi connectivity index (χ0) is 16.3. The van der Waals surface area contributed by atoms with Gasteiger partial charge in [0.05, 0.1) is 17.0 Å². The van der Waals surface area contributed by atoms with Gasteiger partial charge in [0.15, 0.2) is 16.8 Å². The summed E-state index contributed by atoms with van der Waals surface area (Å²) >= 11 is 7.98. The molecular weight excluding hydrogens is 370 g/mol. The predicted molar refractivity (Wildman–Crippen MR) is 87.6 cm³/mol. The summed E-state index contributed by atoms with van der Waals surface area (Å²) < 4.78 is 5.68. The molecule has 1 N–H and O–H groups in total. The van der Waals surface area contributed by atoms with Gasteiger partial charge in [0.25, 0.3) is 5.56 Å². The van der Waals surface area contributed by atoms with Crippen molar-refractivity contribution in [2.45, 2.75) is 12.8 Å². The number of nitrogens with one attached hydrogen (secondary N) is 1. The Morgan fingerprint density at radius 3 is 2.95 bits per heavy atom. The second kappa shape index (κ2) is 6.77. The van der Waals surface area contributed by atoms with Gasteiger partial charge in [0.2, 0.25) is 0 Å². The first kappa shape index (κ1) is 16.3. The quantitative estimate of drug-likeness (QED) is 0.818. The Morgan fingerprint density at radius 1 is 1.59 bits per heavy atom. The lowest BCUT2D eigenvalue weighted by molar-refractivity contribution is -0.121. The fraction of sp³-hybridized carbons (Fsp3) is 0.214. The van der Waals surface area contributed by atoms with Crippen LogP contribution in [0.2, 0.25) is 0 Å². The van der Waals surface area contributed by atoms with Crippen LogP contribution in [0.1, 0.15) is 18.7 Å². The van der Waals surface area contributed by atoms with Crippen molar-refractivity contribution < 1.29 is 9.53 Å². The smallest absolute Gasteiger partial charge is 0.258 e. The molecule has 0 radical (unpaired) electrons. The first-order valence-corrected chi connectivity index (χ1v) is 7.37. The monoisotopic (exact) mass is 379 g/mol. The van der Waals surface area contributed by atoms with Gasteiger partial charge < -0.3 is 9.72 Å². The zero-order valence-corrected chi connectivity index (χ0v) is 13.8. The van der Waals surface area contributed by atoms with Gasteiger partial charge in [-0.05, 0) is 30.4 Å². The van der Waals surface area contributed by atoms with E-state index >= 15 is 0 Å². The molecule has 1 aromatic carbocycles. The minimum Gasteiger partial charge on any atom is -0.480 e. The highest BCUT2D eigenvalue weighted by atomic mass is 79.9. The van der Waals surface area contributed by atoms with E-state index in [9.17, 15) is 14.9 Å². The third kappa shape index (κ3) is 3.55. The summed E-state index contributed by atoms with van der Waals surface area (Å²) in [5.74, 6) is -1.74. The molecule has 1 aromatic heterocycles. The standard InChI is InChI=1S/C14H10BrN3O3S/c1-7(22)21-6-12(19)10(5-16)13-17-11-3-2-8(15)4-9(11)14(20)18-13/h2-4,10H,6H2,1H3,(H,17,18,20). The van der Waals surface area contributed by atoms with E-state index in [-0.39, 0.29) is 17.5 Å². The number of aromatic nitrogens is 2. The topological polar surface area (TPSA) is 95.8 Å². The molecule has 0 saturated carbocycles. The molecule has 0 aliphatic heterocycles. The van der Waals surface area contributed by atoms with E-state index in [1.165, 1.54) is 6.92 Å². The predicted octanol–water partition coefficient (Wildman–Crippen LogP) is 2.23. The number of Topliss-reactive ketones (excluding diaryl/α,β-unsaturated/α-hetero) is 1. The average Bonchev–Trinajstić information content (AvgIpc) is 2.46. The van der Waals surface area contributed by atoms with Crippen molar-refractivity contribution in [1.29, 1.82) is 5.26 Å². The molecule has 6 nitrogen and oxygen atoms in total. The summed E-state index contributed by atoms with van der Waals surface area (Å²) in [5.41, 5.74) is -0.0109. The maximum absolute atomic E-state index is 12.1. The van der Waals surface area contributed by atoms with Crippen molar-refractivity contribution in [3.8, 4) is 6.07 Å². The summed E-state index contributed by atoms with van der Waals surface area (Å²) in [7, 11) is 0. The van der Waals surface area contributed by atoms with E-state index in [0.29, 0.717) is 10.9 Å². The Labute approximate surface area is 139 Å². The number of H-pyrrole nitrogens is 1. The molecule has 1 unspecified atom stereocenters. The molecule has 0 spiro atoms. The van der Waals surface area contributed by atoms with Crippen molar-refractivity contribution in [1.82, 2.24) is 9.97 Å². The number of rotatable bonds is 4. The van der Waals surface area contributed by atoms with Gasteiger partial charge in [0, 0.05) is 11.4 Å². The van der Waals surface area contributed by atoms with Crippen LogP contribution in [-0.4, -0.2) is 27.4 Å². The minimum absolute atomic E-state index is 0.00190. The van der Waals surface area contributed by atoms with E-state index in [0.717, 1.165) is 4.47 Å². The number of hydrogen-bond acceptors (Lipinski definition) is 6. The molecule has 2 aromatic rings. The Bertz CT molecular complexity index is 857. The Kier molecular flexibility index (Phi) is 5.00. The molecule has 0 aliphatic rings. The van der Waals surface area contributed by atoms with Crippen LogP contribution in [-0.2, 0) is 9.53 Å². The number of carbonyl (C=O) groups excluding carboxylic acids is 1. The fourth-order valence-electron chi connectivity index (χ4n) is 1.81. The second-order valence-electron chi connectivity index (χ2n) is 4.42. The molecule has 0 amide bonds. The van der Waals surface area contributed by atoms with Crippen LogP contribution >= 0.6 is 28.1 Å². The first-order valence-electron chi connectivity index (χ1n) is 6.17. The molecular formula is C14H10BrN3O3S. The minimum atomic E-state index is -1.21. The van der Waals surface area contributed by atoms with Crippen molar-refractivity contribution in [3.63, 3.8) is 0 Å². The molecule has 22 heavy (non-hydrogen) atoms. The number of ketones is 1. The highest BCUT2D eigenvalue weighted by molar-refractivity contribution is 9.10. The second-order valence-corrected chi connectivity index (χ2v) is 5.91. The summed E-state index contributed by atoms with van der Waals surface area (Å²) in [6.45, 7) is 1.19. The van der Waals surface area contributed by atoms with Crippen LogP contribution in [0, 0.1) is 11.3 Å². The van der Waals surface area contributed by atoms with Crippen molar-refractivity contribution in [2.24, 2.45) is 0 Å². The van der Waals surface area contributed by atoms with Crippen LogP contribution in [0.4, 0.5) is 0 Å². The maximum atomic E-state index is 12.1.